The van der Waals surface area contributed by atoms with Gasteiger partial charge in [-0.05, 0) is 89.9 Å². The van der Waals surface area contributed by atoms with Crippen molar-refractivity contribution in [1.29, 1.82) is 0 Å². The maximum absolute atomic E-state index is 12.9. The van der Waals surface area contributed by atoms with E-state index in [1.54, 1.807) is 13.8 Å². The van der Waals surface area contributed by atoms with Gasteiger partial charge in [0, 0.05) is 6.61 Å². The molecule has 4 aliphatic rings. The minimum atomic E-state index is -0.884. The summed E-state index contributed by atoms with van der Waals surface area (Å²) in [7, 11) is 0. The number of rotatable bonds is 8. The molecule has 4 fully saturated rings. The van der Waals surface area contributed by atoms with Crippen molar-refractivity contribution >= 4 is 11.9 Å². The van der Waals surface area contributed by atoms with Gasteiger partial charge in [-0.3, -0.25) is 9.59 Å². The van der Waals surface area contributed by atoms with E-state index in [-0.39, 0.29) is 18.0 Å². The third-order valence-electron chi connectivity index (χ3n) is 7.58. The maximum Gasteiger partial charge on any atom is 0.314 e. The predicted molar refractivity (Wildman–Crippen MR) is 102 cm³/mol. The van der Waals surface area contributed by atoms with Gasteiger partial charge >= 0.3 is 11.9 Å². The lowest BCUT2D eigenvalue weighted by Crippen LogP contribution is -2.58. The summed E-state index contributed by atoms with van der Waals surface area (Å²) >= 11 is 0. The number of hydrogen-bond acceptors (Lipinski definition) is 5. The first-order chi connectivity index (χ1) is 12.7. The molecule has 0 aromatic rings. The van der Waals surface area contributed by atoms with Crippen molar-refractivity contribution in [2.75, 3.05) is 6.61 Å². The molecule has 4 rings (SSSR count). The van der Waals surface area contributed by atoms with E-state index in [0.717, 1.165) is 11.8 Å². The molecule has 5 nitrogen and oxygen atoms in total. The fourth-order valence-electron chi connectivity index (χ4n) is 5.79. The number of carbonyl (C=O) groups is 2. The molecule has 154 valence electrons. The Labute approximate surface area is 163 Å². The second-order valence-corrected chi connectivity index (χ2v) is 9.48. The number of esters is 2. The average Bonchev–Trinajstić information content (AvgIpc) is 2.59. The van der Waals surface area contributed by atoms with E-state index < -0.39 is 17.7 Å². The Morgan fingerprint density at radius 3 is 2.11 bits per heavy atom. The molecule has 2 unspecified atom stereocenters. The van der Waals surface area contributed by atoms with Gasteiger partial charge in [0.15, 0.2) is 6.29 Å². The van der Waals surface area contributed by atoms with Gasteiger partial charge in [0.2, 0.25) is 0 Å². The molecular weight excluding hydrogens is 344 g/mol. The number of carbonyl (C=O) groups excluding carboxylic acids is 2. The zero-order chi connectivity index (χ0) is 19.8. The lowest BCUT2D eigenvalue weighted by Gasteiger charge is -2.59. The topological polar surface area (TPSA) is 61.8 Å². The summed E-state index contributed by atoms with van der Waals surface area (Å²) in [6.07, 6.45) is 6.11. The molecule has 0 aromatic carbocycles. The van der Waals surface area contributed by atoms with Crippen LogP contribution in [0, 0.1) is 29.1 Å². The van der Waals surface area contributed by atoms with E-state index in [9.17, 15) is 9.59 Å². The monoisotopic (exact) mass is 380 g/mol. The molecule has 4 saturated carbocycles. The molecule has 0 aromatic heterocycles. The molecule has 4 aliphatic carbocycles. The smallest absolute Gasteiger partial charge is 0.314 e. The van der Waals surface area contributed by atoms with Gasteiger partial charge in [-0.25, -0.2) is 0 Å². The molecule has 27 heavy (non-hydrogen) atoms. The Morgan fingerprint density at radius 2 is 1.63 bits per heavy atom. The van der Waals surface area contributed by atoms with Crippen LogP contribution in [0.4, 0.5) is 0 Å². The van der Waals surface area contributed by atoms with E-state index in [4.69, 9.17) is 14.2 Å². The summed E-state index contributed by atoms with van der Waals surface area (Å²) in [6, 6.07) is 0. The zero-order valence-corrected chi connectivity index (χ0v) is 17.6. The van der Waals surface area contributed by atoms with Crippen LogP contribution in [0.5, 0.6) is 0 Å². The Balaban J connectivity index is 1.62. The van der Waals surface area contributed by atoms with Crippen molar-refractivity contribution in [1.82, 2.24) is 0 Å². The van der Waals surface area contributed by atoms with Gasteiger partial charge in [0.05, 0.1) is 11.8 Å². The molecule has 4 bridgehead atoms. The van der Waals surface area contributed by atoms with Crippen molar-refractivity contribution in [2.45, 2.75) is 91.5 Å². The van der Waals surface area contributed by atoms with E-state index in [0.29, 0.717) is 24.9 Å². The van der Waals surface area contributed by atoms with Crippen molar-refractivity contribution in [3.8, 4) is 0 Å². The van der Waals surface area contributed by atoms with Crippen LogP contribution in [0.15, 0.2) is 0 Å². The maximum atomic E-state index is 12.9. The second kappa shape index (κ2) is 7.73. The van der Waals surface area contributed by atoms with Crippen LogP contribution in [-0.4, -0.2) is 30.4 Å². The third kappa shape index (κ3) is 4.03. The molecule has 0 N–H and O–H groups in total. The lowest BCUT2D eigenvalue weighted by molar-refractivity contribution is -0.208. The van der Waals surface area contributed by atoms with Gasteiger partial charge < -0.3 is 14.2 Å². The zero-order valence-electron chi connectivity index (χ0n) is 17.6. The quantitative estimate of drug-likeness (QED) is 0.459. The van der Waals surface area contributed by atoms with Crippen LogP contribution in [0.3, 0.4) is 0 Å². The highest BCUT2D eigenvalue weighted by Gasteiger charge is 2.57. The Bertz CT molecular complexity index is 543. The van der Waals surface area contributed by atoms with Crippen molar-refractivity contribution in [2.24, 2.45) is 29.1 Å². The molecule has 0 radical (unpaired) electrons. The second-order valence-electron chi connectivity index (χ2n) is 9.48. The highest BCUT2D eigenvalue weighted by molar-refractivity contribution is 5.83. The molecule has 0 saturated heterocycles. The largest absolute Gasteiger partial charge is 0.459 e. The van der Waals surface area contributed by atoms with Crippen molar-refractivity contribution in [3.05, 3.63) is 0 Å². The minimum Gasteiger partial charge on any atom is -0.459 e. The van der Waals surface area contributed by atoms with Crippen LogP contribution in [0.1, 0.15) is 79.6 Å². The third-order valence-corrected chi connectivity index (χ3v) is 7.58. The Morgan fingerprint density at radius 1 is 1.07 bits per heavy atom. The first-order valence-corrected chi connectivity index (χ1v) is 10.7. The van der Waals surface area contributed by atoms with Crippen LogP contribution >= 0.6 is 0 Å². The molecular formula is C22H36O5. The van der Waals surface area contributed by atoms with E-state index >= 15 is 0 Å². The highest BCUT2D eigenvalue weighted by atomic mass is 16.7. The fourth-order valence-corrected chi connectivity index (χ4v) is 5.79. The summed E-state index contributed by atoms with van der Waals surface area (Å²) in [5.74, 6) is 1.96. The predicted octanol–water partition coefficient (Wildman–Crippen LogP) is 4.48. The van der Waals surface area contributed by atoms with Crippen molar-refractivity contribution in [3.63, 3.8) is 0 Å². The Hall–Kier alpha value is -1.10. The van der Waals surface area contributed by atoms with E-state index in [1.165, 1.54) is 32.1 Å². The lowest BCUT2D eigenvalue weighted by atomic mass is 9.50. The summed E-state index contributed by atoms with van der Waals surface area (Å²) in [5, 5.41) is 0. The molecule has 5 heteroatoms. The summed E-state index contributed by atoms with van der Waals surface area (Å²) in [4.78, 5) is 25.5. The standard InChI is InChI=1S/C22H36O5/c1-6-21(4,20(24)26-14(3)25-7-2)13-19(23)27-22(5)17-9-15-8-16(11-17)12-18(22)10-15/h14-18H,6-13H2,1-5H3. The number of hydrogen-bond donors (Lipinski definition) is 0. The van der Waals surface area contributed by atoms with Gasteiger partial charge in [0.1, 0.15) is 5.60 Å². The normalized spacial score (nSPS) is 37.5. The SMILES string of the molecule is CCOC(C)OC(=O)C(C)(CC)CC(=O)OC1(C)C2CC3CC(C2)CC1C3. The van der Waals surface area contributed by atoms with Gasteiger partial charge in [-0.15, -0.1) is 0 Å². The highest BCUT2D eigenvalue weighted by Crippen LogP contribution is 2.59. The minimum absolute atomic E-state index is 0.0586. The van der Waals surface area contributed by atoms with Crippen LogP contribution in [0.25, 0.3) is 0 Å². The number of ether oxygens (including phenoxy) is 3. The summed E-state index contributed by atoms with van der Waals surface area (Å²) in [5.41, 5.74) is -1.24. The van der Waals surface area contributed by atoms with Crippen LogP contribution in [0.2, 0.25) is 0 Å². The summed E-state index contributed by atoms with van der Waals surface area (Å²) in [6.45, 7) is 9.86. The van der Waals surface area contributed by atoms with Gasteiger partial charge in [-0.1, -0.05) is 6.92 Å². The fraction of sp³-hybridized carbons (Fsp3) is 0.909. The Kier molecular flexibility index (Phi) is 5.90. The summed E-state index contributed by atoms with van der Waals surface area (Å²) < 4.78 is 16.8. The van der Waals surface area contributed by atoms with E-state index in [2.05, 4.69) is 6.92 Å². The molecule has 0 spiro atoms. The van der Waals surface area contributed by atoms with E-state index in [1.807, 2.05) is 13.8 Å². The first kappa shape index (κ1) is 20.6. The average molecular weight is 381 g/mol. The molecule has 2 atom stereocenters. The van der Waals surface area contributed by atoms with Gasteiger partial charge in [0.25, 0.3) is 0 Å². The molecule has 0 aliphatic heterocycles. The van der Waals surface area contributed by atoms with Crippen molar-refractivity contribution < 1.29 is 23.8 Å². The van der Waals surface area contributed by atoms with Crippen LogP contribution < -0.4 is 0 Å². The van der Waals surface area contributed by atoms with Gasteiger partial charge in [-0.2, -0.15) is 0 Å². The molecule has 0 heterocycles. The van der Waals surface area contributed by atoms with Crippen LogP contribution in [-0.2, 0) is 23.8 Å². The first-order valence-electron chi connectivity index (χ1n) is 10.7. The molecule has 0 amide bonds.